The van der Waals surface area contributed by atoms with Gasteiger partial charge in [-0.3, -0.25) is 14.6 Å². The van der Waals surface area contributed by atoms with E-state index in [0.29, 0.717) is 29.4 Å². The molecule has 1 N–H and O–H groups in total. The average molecular weight is 373 g/mol. The second kappa shape index (κ2) is 9.73. The van der Waals surface area contributed by atoms with Gasteiger partial charge in [0.2, 0.25) is 5.91 Å². The Labute approximate surface area is 158 Å². The van der Waals surface area contributed by atoms with E-state index in [1.54, 1.807) is 55.5 Å². The van der Waals surface area contributed by atoms with E-state index in [-0.39, 0.29) is 0 Å². The summed E-state index contributed by atoms with van der Waals surface area (Å²) >= 11 is 6.10. The molecule has 136 valence electrons. The molecule has 1 unspecified atom stereocenters. The number of carbonyl (C=O) groups is 2. The molecule has 0 saturated heterocycles. The molecule has 0 spiro atoms. The molecular weight excluding hydrogens is 352 g/mol. The van der Waals surface area contributed by atoms with Crippen molar-refractivity contribution < 1.29 is 14.3 Å². The molecule has 2 rings (SSSR count). The van der Waals surface area contributed by atoms with Crippen molar-refractivity contribution >= 4 is 35.2 Å². The molecule has 0 aliphatic carbocycles. The van der Waals surface area contributed by atoms with Crippen LogP contribution in [0.4, 0.5) is 5.69 Å². The molecule has 0 saturated carbocycles. The second-order valence-electron chi connectivity index (χ2n) is 5.42. The molecule has 2 aromatic carbocycles. The molecular formula is C20H21ClN2O3. The van der Waals surface area contributed by atoms with Gasteiger partial charge in [0, 0.05) is 18.3 Å². The number of nitrogens with zero attached hydrogens (tertiary/aromatic N) is 1. The highest BCUT2D eigenvalue weighted by molar-refractivity contribution is 6.35. The predicted molar refractivity (Wildman–Crippen MR) is 104 cm³/mol. The first-order valence-electron chi connectivity index (χ1n) is 8.40. The van der Waals surface area contributed by atoms with Gasteiger partial charge >= 0.3 is 0 Å². The molecule has 0 aromatic heterocycles. The zero-order valence-corrected chi connectivity index (χ0v) is 15.5. The van der Waals surface area contributed by atoms with Gasteiger partial charge in [0.25, 0.3) is 0 Å². The lowest BCUT2D eigenvalue weighted by atomic mass is 9.97. The van der Waals surface area contributed by atoms with Crippen molar-refractivity contribution in [2.75, 3.05) is 13.2 Å². The van der Waals surface area contributed by atoms with Gasteiger partial charge in [-0.1, -0.05) is 23.7 Å². The van der Waals surface area contributed by atoms with Crippen LogP contribution in [0.2, 0.25) is 5.02 Å². The summed E-state index contributed by atoms with van der Waals surface area (Å²) in [5.41, 5.74) is 0.915. The number of Topliss-reactive ketones (excluding diaryl/α,β-unsaturated/α-hetero) is 1. The first-order chi connectivity index (χ1) is 12.6. The van der Waals surface area contributed by atoms with Crippen LogP contribution in [0.5, 0.6) is 5.75 Å². The first kappa shape index (κ1) is 19.7. The quantitative estimate of drug-likeness (QED) is 0.431. The second-order valence-corrected chi connectivity index (χ2v) is 5.83. The van der Waals surface area contributed by atoms with E-state index in [2.05, 4.69) is 10.3 Å². The number of halogens is 1. The van der Waals surface area contributed by atoms with Crippen molar-refractivity contribution in [3.05, 3.63) is 59.1 Å². The smallest absolute Gasteiger partial charge is 0.236 e. The molecule has 0 bridgehead atoms. The maximum absolute atomic E-state index is 12.8. The van der Waals surface area contributed by atoms with Crippen molar-refractivity contribution in [1.29, 1.82) is 0 Å². The number of carbonyl (C=O) groups excluding carboxylic acids is 2. The summed E-state index contributed by atoms with van der Waals surface area (Å²) in [5.74, 6) is -1.12. The molecule has 26 heavy (non-hydrogen) atoms. The van der Waals surface area contributed by atoms with E-state index in [0.717, 1.165) is 5.75 Å². The zero-order chi connectivity index (χ0) is 18.9. The number of ketones is 1. The summed E-state index contributed by atoms with van der Waals surface area (Å²) in [7, 11) is 0. The molecule has 0 fully saturated rings. The lowest BCUT2D eigenvalue weighted by Crippen LogP contribution is -2.36. The molecule has 0 aliphatic rings. The lowest BCUT2D eigenvalue weighted by Gasteiger charge is -2.12. The summed E-state index contributed by atoms with van der Waals surface area (Å²) in [6.45, 7) is 4.69. The Morgan fingerprint density at radius 2 is 1.85 bits per heavy atom. The number of nitrogens with one attached hydrogen (secondary N) is 1. The first-order valence-corrected chi connectivity index (χ1v) is 8.78. The predicted octanol–water partition coefficient (Wildman–Crippen LogP) is 4.08. The van der Waals surface area contributed by atoms with Crippen LogP contribution < -0.4 is 10.1 Å². The molecule has 0 heterocycles. The van der Waals surface area contributed by atoms with Gasteiger partial charge in [-0.2, -0.15) is 0 Å². The summed E-state index contributed by atoms with van der Waals surface area (Å²) in [4.78, 5) is 29.4. The monoisotopic (exact) mass is 372 g/mol. The van der Waals surface area contributed by atoms with Crippen LogP contribution in [-0.4, -0.2) is 31.1 Å². The Bertz CT molecular complexity index is 788. The van der Waals surface area contributed by atoms with Gasteiger partial charge in [0.1, 0.15) is 11.7 Å². The number of benzene rings is 2. The van der Waals surface area contributed by atoms with Crippen LogP contribution in [0.3, 0.4) is 0 Å². The largest absolute Gasteiger partial charge is 0.494 e. The number of hydrogen-bond acceptors (Lipinski definition) is 4. The molecule has 1 atom stereocenters. The third-order valence-corrected chi connectivity index (χ3v) is 3.91. The van der Waals surface area contributed by atoms with Gasteiger partial charge in [0.05, 0.1) is 17.3 Å². The topological polar surface area (TPSA) is 67.8 Å². The fourth-order valence-corrected chi connectivity index (χ4v) is 2.55. The highest BCUT2D eigenvalue weighted by Crippen LogP contribution is 2.21. The van der Waals surface area contributed by atoms with E-state index < -0.39 is 17.6 Å². The van der Waals surface area contributed by atoms with Crippen LogP contribution in [0.25, 0.3) is 0 Å². The average Bonchev–Trinajstić information content (AvgIpc) is 2.64. The minimum Gasteiger partial charge on any atom is -0.494 e. The van der Waals surface area contributed by atoms with Crippen molar-refractivity contribution in [3.63, 3.8) is 0 Å². The molecule has 1 amide bonds. The third kappa shape index (κ3) is 5.17. The van der Waals surface area contributed by atoms with Crippen LogP contribution >= 0.6 is 11.6 Å². The van der Waals surface area contributed by atoms with Crippen molar-refractivity contribution in [3.8, 4) is 5.75 Å². The van der Waals surface area contributed by atoms with E-state index >= 15 is 0 Å². The van der Waals surface area contributed by atoms with Gasteiger partial charge in [0.15, 0.2) is 5.78 Å². The van der Waals surface area contributed by atoms with Crippen LogP contribution in [0.15, 0.2) is 53.5 Å². The number of aliphatic imine (C=N–C) groups is 1. The Kier molecular flexibility index (Phi) is 7.36. The Morgan fingerprint density at radius 1 is 1.15 bits per heavy atom. The number of hydrogen-bond donors (Lipinski definition) is 1. The number of ether oxygens (including phenoxy) is 1. The van der Waals surface area contributed by atoms with Crippen LogP contribution in [-0.2, 0) is 4.79 Å². The molecule has 5 nitrogen and oxygen atoms in total. The maximum Gasteiger partial charge on any atom is 0.236 e. The number of amides is 1. The normalized spacial score (nSPS) is 12.0. The maximum atomic E-state index is 12.8. The highest BCUT2D eigenvalue weighted by Gasteiger charge is 2.27. The molecule has 2 aromatic rings. The van der Waals surface area contributed by atoms with Crippen LogP contribution in [0, 0.1) is 5.92 Å². The minimum absolute atomic E-state index is 0.295. The van der Waals surface area contributed by atoms with E-state index in [9.17, 15) is 9.59 Å². The zero-order valence-electron chi connectivity index (χ0n) is 14.7. The Balaban J connectivity index is 2.25. The Morgan fingerprint density at radius 3 is 2.46 bits per heavy atom. The highest BCUT2D eigenvalue weighted by atomic mass is 35.5. The van der Waals surface area contributed by atoms with Crippen molar-refractivity contribution in [2.45, 2.75) is 13.8 Å². The molecule has 0 radical (unpaired) electrons. The lowest BCUT2D eigenvalue weighted by molar-refractivity contribution is -0.121. The summed E-state index contributed by atoms with van der Waals surface area (Å²) < 4.78 is 5.38. The fourth-order valence-electron chi connectivity index (χ4n) is 2.32. The SMILES string of the molecule is CCNC(=O)C(C=Nc1ccc(OCC)cc1)C(=O)c1ccccc1Cl. The van der Waals surface area contributed by atoms with Gasteiger partial charge in [-0.05, 0) is 50.2 Å². The minimum atomic E-state index is -1.05. The summed E-state index contributed by atoms with van der Waals surface area (Å²) in [5, 5.41) is 2.97. The van der Waals surface area contributed by atoms with Gasteiger partial charge in [-0.15, -0.1) is 0 Å². The summed E-state index contributed by atoms with van der Waals surface area (Å²) in [6.07, 6.45) is 1.35. The van der Waals surface area contributed by atoms with Gasteiger partial charge < -0.3 is 10.1 Å². The van der Waals surface area contributed by atoms with E-state index in [4.69, 9.17) is 16.3 Å². The third-order valence-electron chi connectivity index (χ3n) is 3.58. The molecule has 0 aliphatic heterocycles. The Hall–Kier alpha value is -2.66. The number of rotatable bonds is 8. The van der Waals surface area contributed by atoms with Crippen molar-refractivity contribution in [1.82, 2.24) is 5.32 Å². The van der Waals surface area contributed by atoms with Crippen LogP contribution in [0.1, 0.15) is 24.2 Å². The van der Waals surface area contributed by atoms with Gasteiger partial charge in [-0.25, -0.2) is 0 Å². The fraction of sp³-hybridized carbons (Fsp3) is 0.250. The van der Waals surface area contributed by atoms with E-state index in [1.165, 1.54) is 6.21 Å². The van der Waals surface area contributed by atoms with E-state index in [1.807, 2.05) is 6.92 Å². The van der Waals surface area contributed by atoms with Crippen molar-refractivity contribution in [2.24, 2.45) is 10.9 Å². The standard InChI is InChI=1S/C20H21ClN2O3/c1-3-22-20(25)17(19(24)16-7-5-6-8-18(16)21)13-23-14-9-11-15(12-10-14)26-4-2/h5-13,17H,3-4H2,1-2H3,(H,22,25). The summed E-state index contributed by atoms with van der Waals surface area (Å²) in [6, 6.07) is 13.7. The molecule has 6 heteroatoms.